The van der Waals surface area contributed by atoms with Crippen LogP contribution in [0, 0.1) is 17.8 Å². The van der Waals surface area contributed by atoms with E-state index in [1.165, 1.54) is 0 Å². The van der Waals surface area contributed by atoms with Gasteiger partial charge in [0.05, 0.1) is 13.0 Å². The minimum absolute atomic E-state index is 0.148. The normalized spacial score (nSPS) is 26.4. The third-order valence-electron chi connectivity index (χ3n) is 6.98. The predicted molar refractivity (Wildman–Crippen MR) is 112 cm³/mol. The van der Waals surface area contributed by atoms with Crippen LogP contribution in [-0.2, 0) is 9.59 Å². The van der Waals surface area contributed by atoms with Crippen molar-refractivity contribution in [1.82, 2.24) is 9.80 Å². The minimum Gasteiger partial charge on any atom is -0.493 e. The number of carbonyl (C=O) groups excluding carboxylic acids is 2. The maximum Gasteiger partial charge on any atom is 0.226 e. The van der Waals surface area contributed by atoms with Crippen LogP contribution in [0.2, 0.25) is 0 Å². The van der Waals surface area contributed by atoms with Crippen LogP contribution < -0.4 is 4.74 Å². The van der Waals surface area contributed by atoms with Gasteiger partial charge in [-0.05, 0) is 56.1 Å². The lowest BCUT2D eigenvalue weighted by molar-refractivity contribution is -0.137. The molecule has 2 aliphatic carbocycles. The predicted octanol–water partition coefficient (Wildman–Crippen LogP) is 3.51. The molecule has 1 aromatic rings. The number of carbonyl (C=O) groups is 2. The first-order chi connectivity index (χ1) is 14.1. The second kappa shape index (κ2) is 9.02. The molecule has 29 heavy (non-hydrogen) atoms. The number of piperidine rings is 1. The Morgan fingerprint density at radius 3 is 2.59 bits per heavy atom. The summed E-state index contributed by atoms with van der Waals surface area (Å²) in [5.74, 6) is 2.62. The van der Waals surface area contributed by atoms with Gasteiger partial charge in [-0.25, -0.2) is 0 Å². The van der Waals surface area contributed by atoms with Gasteiger partial charge in [0.15, 0.2) is 0 Å². The first-order valence-electron chi connectivity index (χ1n) is 11.0. The number of allylic oxidation sites excluding steroid dienone is 2. The van der Waals surface area contributed by atoms with Crippen LogP contribution >= 0.6 is 0 Å². The average molecular weight is 397 g/mol. The molecule has 1 aliphatic heterocycles. The highest BCUT2D eigenvalue weighted by molar-refractivity contribution is 5.80. The molecular weight excluding hydrogens is 364 g/mol. The summed E-state index contributed by atoms with van der Waals surface area (Å²) < 4.78 is 5.68. The molecule has 0 unspecified atom stereocenters. The third kappa shape index (κ3) is 4.65. The zero-order valence-corrected chi connectivity index (χ0v) is 17.3. The summed E-state index contributed by atoms with van der Waals surface area (Å²) in [7, 11) is 1.93. The first kappa shape index (κ1) is 20.0. The van der Waals surface area contributed by atoms with Crippen molar-refractivity contribution in [3.63, 3.8) is 0 Å². The fourth-order valence-electron chi connectivity index (χ4n) is 5.20. The zero-order chi connectivity index (χ0) is 20.2. The van der Waals surface area contributed by atoms with Crippen molar-refractivity contribution in [3.8, 4) is 5.75 Å². The van der Waals surface area contributed by atoms with E-state index in [2.05, 4.69) is 17.1 Å². The molecule has 0 radical (unpaired) electrons. The number of para-hydroxylation sites is 1. The molecule has 2 fully saturated rings. The van der Waals surface area contributed by atoms with E-state index in [-0.39, 0.29) is 17.9 Å². The van der Waals surface area contributed by atoms with E-state index in [0.717, 1.165) is 50.9 Å². The Balaban J connectivity index is 1.24. The summed E-state index contributed by atoms with van der Waals surface area (Å²) >= 11 is 0. The number of fused-ring (bicyclic) bond motifs is 1. The second-order valence-electron chi connectivity index (χ2n) is 8.77. The Bertz CT molecular complexity index is 740. The minimum atomic E-state index is 0.148. The fraction of sp³-hybridized carbons (Fsp3) is 0.583. The molecule has 0 spiro atoms. The molecular formula is C24H32N2O3. The van der Waals surface area contributed by atoms with Crippen molar-refractivity contribution < 1.29 is 14.3 Å². The Morgan fingerprint density at radius 2 is 1.83 bits per heavy atom. The van der Waals surface area contributed by atoms with Gasteiger partial charge in [-0.3, -0.25) is 9.59 Å². The number of rotatable bonds is 6. The van der Waals surface area contributed by atoms with E-state index >= 15 is 0 Å². The summed E-state index contributed by atoms with van der Waals surface area (Å²) in [5.41, 5.74) is 0. The first-order valence-corrected chi connectivity index (χ1v) is 11.0. The lowest BCUT2D eigenvalue weighted by Crippen LogP contribution is -2.44. The zero-order valence-electron chi connectivity index (χ0n) is 17.3. The van der Waals surface area contributed by atoms with E-state index < -0.39 is 0 Å². The molecule has 4 rings (SSSR count). The molecule has 5 heteroatoms. The van der Waals surface area contributed by atoms with Crippen molar-refractivity contribution in [2.45, 2.75) is 44.6 Å². The Hall–Kier alpha value is -2.30. The van der Waals surface area contributed by atoms with Crippen LogP contribution in [-0.4, -0.2) is 54.4 Å². The molecule has 1 aromatic carbocycles. The third-order valence-corrected chi connectivity index (χ3v) is 6.98. The van der Waals surface area contributed by atoms with Crippen molar-refractivity contribution in [2.24, 2.45) is 17.8 Å². The summed E-state index contributed by atoms with van der Waals surface area (Å²) in [6, 6.07) is 9.92. The van der Waals surface area contributed by atoms with Crippen LogP contribution in [0.5, 0.6) is 5.75 Å². The standard InChI is InChI=1S/C24H32N2O3/c1-25(23(27)12-14-29-22-9-3-2-4-10-22)21-15-19-11-13-26(17-20(19)16-21)24(28)18-7-5-6-8-18/h2-6,9-10,18-21H,7-8,11-17H2,1H3/t19-,20-,21+/m1/s1. The summed E-state index contributed by atoms with van der Waals surface area (Å²) in [6.07, 6.45) is 9.61. The maximum absolute atomic E-state index is 12.8. The monoisotopic (exact) mass is 396 g/mol. The number of benzene rings is 1. The quantitative estimate of drug-likeness (QED) is 0.692. The molecule has 1 heterocycles. The Kier molecular flexibility index (Phi) is 6.22. The van der Waals surface area contributed by atoms with E-state index in [9.17, 15) is 9.59 Å². The number of hydrogen-bond donors (Lipinski definition) is 0. The van der Waals surface area contributed by atoms with E-state index in [4.69, 9.17) is 4.74 Å². The number of likely N-dealkylation sites (tertiary alicyclic amines) is 1. The molecule has 156 valence electrons. The summed E-state index contributed by atoms with van der Waals surface area (Å²) in [4.78, 5) is 29.4. The van der Waals surface area contributed by atoms with Gasteiger partial charge in [-0.15, -0.1) is 0 Å². The van der Waals surface area contributed by atoms with Gasteiger partial charge >= 0.3 is 0 Å². The van der Waals surface area contributed by atoms with Gasteiger partial charge in [-0.2, -0.15) is 0 Å². The van der Waals surface area contributed by atoms with Crippen LogP contribution in [0.25, 0.3) is 0 Å². The van der Waals surface area contributed by atoms with Gasteiger partial charge in [0, 0.05) is 32.1 Å². The highest BCUT2D eigenvalue weighted by Gasteiger charge is 2.42. The topological polar surface area (TPSA) is 49.9 Å². The number of hydrogen-bond acceptors (Lipinski definition) is 3. The smallest absolute Gasteiger partial charge is 0.226 e. The van der Waals surface area contributed by atoms with Crippen LogP contribution in [0.15, 0.2) is 42.5 Å². The molecule has 0 N–H and O–H groups in total. The largest absolute Gasteiger partial charge is 0.493 e. The van der Waals surface area contributed by atoms with Crippen molar-refractivity contribution in [2.75, 3.05) is 26.7 Å². The highest BCUT2D eigenvalue weighted by Crippen LogP contribution is 2.40. The molecule has 3 aliphatic rings. The van der Waals surface area contributed by atoms with Crippen LogP contribution in [0.4, 0.5) is 0 Å². The molecule has 0 aromatic heterocycles. The van der Waals surface area contributed by atoms with Crippen molar-refractivity contribution >= 4 is 11.8 Å². The number of ether oxygens (including phenoxy) is 1. The number of amides is 2. The van der Waals surface area contributed by atoms with Gasteiger partial charge < -0.3 is 14.5 Å². The van der Waals surface area contributed by atoms with Gasteiger partial charge in [-0.1, -0.05) is 30.4 Å². The average Bonchev–Trinajstić information content (AvgIpc) is 3.42. The lowest BCUT2D eigenvalue weighted by atomic mass is 9.88. The highest BCUT2D eigenvalue weighted by atomic mass is 16.5. The molecule has 5 nitrogen and oxygen atoms in total. The molecule has 0 bridgehead atoms. The van der Waals surface area contributed by atoms with Crippen molar-refractivity contribution in [1.29, 1.82) is 0 Å². The van der Waals surface area contributed by atoms with Gasteiger partial charge in [0.2, 0.25) is 11.8 Å². The maximum atomic E-state index is 12.8. The SMILES string of the molecule is CN(C(=O)CCOc1ccccc1)[C@H]1C[C@H]2CCN(C(=O)C3CC=CC3)C[C@H]2C1. The van der Waals surface area contributed by atoms with E-state index in [0.29, 0.717) is 30.8 Å². The second-order valence-corrected chi connectivity index (χ2v) is 8.77. The lowest BCUT2D eigenvalue weighted by Gasteiger charge is -2.36. The van der Waals surface area contributed by atoms with Crippen LogP contribution in [0.3, 0.4) is 0 Å². The van der Waals surface area contributed by atoms with Crippen LogP contribution in [0.1, 0.15) is 38.5 Å². The van der Waals surface area contributed by atoms with Gasteiger partial charge in [0.1, 0.15) is 5.75 Å². The Labute approximate surface area is 173 Å². The molecule has 2 amide bonds. The van der Waals surface area contributed by atoms with Gasteiger partial charge in [0.25, 0.3) is 0 Å². The molecule has 3 atom stereocenters. The van der Waals surface area contributed by atoms with Crippen molar-refractivity contribution in [3.05, 3.63) is 42.5 Å². The molecule has 1 saturated carbocycles. The van der Waals surface area contributed by atoms with E-state index in [1.807, 2.05) is 42.3 Å². The van der Waals surface area contributed by atoms with E-state index in [1.54, 1.807) is 0 Å². The molecule has 1 saturated heterocycles. The summed E-state index contributed by atoms with van der Waals surface area (Å²) in [6.45, 7) is 2.16. The Morgan fingerprint density at radius 1 is 1.10 bits per heavy atom. The number of nitrogens with zero attached hydrogens (tertiary/aromatic N) is 2. The fourth-order valence-corrected chi connectivity index (χ4v) is 5.20. The summed E-state index contributed by atoms with van der Waals surface area (Å²) in [5, 5.41) is 0.